The summed E-state index contributed by atoms with van der Waals surface area (Å²) in [4.78, 5) is 23.6. The van der Waals surface area contributed by atoms with Gasteiger partial charge in [-0.1, -0.05) is 31.4 Å². The van der Waals surface area contributed by atoms with Gasteiger partial charge in [0, 0.05) is 6.04 Å². The molecule has 2 aliphatic heterocycles. The summed E-state index contributed by atoms with van der Waals surface area (Å²) >= 11 is 0. The number of aliphatic carboxylic acids is 1. The van der Waals surface area contributed by atoms with Crippen LogP contribution >= 0.6 is 0 Å². The molecule has 5 heteroatoms. The van der Waals surface area contributed by atoms with Gasteiger partial charge in [-0.05, 0) is 12.8 Å². The Morgan fingerprint density at radius 3 is 2.32 bits per heavy atom. The minimum Gasteiger partial charge on any atom is -0.481 e. The standard InChI is InChI=1S/C14H19NO4/c16-13(15-8-4-2-1-3-5-8)11-9-6-7-10(19-9)12(11)14(17)18/h6-12H,1-5H2,(H,15,16)(H,17,18)/t9-,10-,11-,12-/m1/s1. The Kier molecular flexibility index (Phi) is 3.31. The lowest BCUT2D eigenvalue weighted by atomic mass is 9.82. The van der Waals surface area contributed by atoms with Crippen LogP contribution in [-0.2, 0) is 14.3 Å². The Bertz CT molecular complexity index is 414. The Hall–Kier alpha value is -1.36. The second-order valence-electron chi connectivity index (χ2n) is 5.68. The Balaban J connectivity index is 1.68. The number of fused-ring (bicyclic) bond motifs is 2. The fraction of sp³-hybridized carbons (Fsp3) is 0.714. The summed E-state index contributed by atoms with van der Waals surface area (Å²) in [6.45, 7) is 0. The first kappa shape index (κ1) is 12.7. The zero-order valence-electron chi connectivity index (χ0n) is 10.7. The highest BCUT2D eigenvalue weighted by Crippen LogP contribution is 2.39. The molecule has 0 unspecified atom stereocenters. The SMILES string of the molecule is O=C(O)[C@H]1[C@H](C(=O)NC2CCCCC2)[C@H]2C=C[C@H]1O2. The number of hydrogen-bond acceptors (Lipinski definition) is 3. The van der Waals surface area contributed by atoms with Crippen molar-refractivity contribution in [1.29, 1.82) is 0 Å². The van der Waals surface area contributed by atoms with E-state index in [9.17, 15) is 14.7 Å². The average Bonchev–Trinajstić information content (AvgIpc) is 2.99. The topological polar surface area (TPSA) is 75.6 Å². The van der Waals surface area contributed by atoms with Crippen LogP contribution in [0.1, 0.15) is 32.1 Å². The monoisotopic (exact) mass is 265 g/mol. The van der Waals surface area contributed by atoms with E-state index in [1.807, 2.05) is 6.08 Å². The van der Waals surface area contributed by atoms with E-state index in [0.29, 0.717) is 0 Å². The van der Waals surface area contributed by atoms with E-state index in [-0.39, 0.29) is 18.1 Å². The van der Waals surface area contributed by atoms with Gasteiger partial charge >= 0.3 is 5.97 Å². The Morgan fingerprint density at radius 1 is 1.05 bits per heavy atom. The van der Waals surface area contributed by atoms with Crippen molar-refractivity contribution in [3.8, 4) is 0 Å². The lowest BCUT2D eigenvalue weighted by molar-refractivity contribution is -0.146. The summed E-state index contributed by atoms with van der Waals surface area (Å²) in [5.41, 5.74) is 0. The summed E-state index contributed by atoms with van der Waals surface area (Å²) in [5, 5.41) is 12.3. The van der Waals surface area contributed by atoms with Crippen molar-refractivity contribution in [2.75, 3.05) is 0 Å². The molecule has 0 spiro atoms. The number of amides is 1. The van der Waals surface area contributed by atoms with Crippen molar-refractivity contribution >= 4 is 11.9 Å². The van der Waals surface area contributed by atoms with Gasteiger partial charge in [0.1, 0.15) is 5.92 Å². The first-order chi connectivity index (χ1) is 9.16. The lowest BCUT2D eigenvalue weighted by Crippen LogP contribution is -2.46. The summed E-state index contributed by atoms with van der Waals surface area (Å²) in [7, 11) is 0. The fourth-order valence-electron chi connectivity index (χ4n) is 3.46. The second-order valence-corrected chi connectivity index (χ2v) is 5.68. The predicted molar refractivity (Wildman–Crippen MR) is 67.4 cm³/mol. The molecule has 1 amide bonds. The van der Waals surface area contributed by atoms with Crippen LogP contribution in [0.5, 0.6) is 0 Å². The van der Waals surface area contributed by atoms with Gasteiger partial charge in [0.2, 0.25) is 5.91 Å². The van der Waals surface area contributed by atoms with Gasteiger partial charge < -0.3 is 15.2 Å². The molecule has 5 nitrogen and oxygen atoms in total. The normalized spacial score (nSPS) is 37.5. The van der Waals surface area contributed by atoms with E-state index < -0.39 is 23.9 Å². The van der Waals surface area contributed by atoms with Crippen molar-refractivity contribution < 1.29 is 19.4 Å². The van der Waals surface area contributed by atoms with Gasteiger partial charge in [0.25, 0.3) is 0 Å². The van der Waals surface area contributed by atoms with E-state index >= 15 is 0 Å². The largest absolute Gasteiger partial charge is 0.481 e. The maximum atomic E-state index is 12.3. The number of nitrogens with one attached hydrogen (secondary N) is 1. The number of carbonyl (C=O) groups is 2. The molecule has 2 heterocycles. The third-order valence-electron chi connectivity index (χ3n) is 4.44. The van der Waals surface area contributed by atoms with Crippen LogP contribution in [0.4, 0.5) is 0 Å². The van der Waals surface area contributed by atoms with Crippen molar-refractivity contribution in [1.82, 2.24) is 5.32 Å². The molecular formula is C14H19NO4. The number of ether oxygens (including phenoxy) is 1. The summed E-state index contributed by atoms with van der Waals surface area (Å²) in [6, 6.07) is 0.207. The molecule has 0 aromatic carbocycles. The molecule has 1 saturated carbocycles. The van der Waals surface area contributed by atoms with Crippen molar-refractivity contribution in [2.45, 2.75) is 50.4 Å². The minimum absolute atomic E-state index is 0.156. The Morgan fingerprint density at radius 2 is 1.68 bits per heavy atom. The van der Waals surface area contributed by atoms with Crippen LogP contribution < -0.4 is 5.32 Å². The summed E-state index contributed by atoms with van der Waals surface area (Å²) in [5.74, 6) is -2.41. The lowest BCUT2D eigenvalue weighted by Gasteiger charge is -2.27. The van der Waals surface area contributed by atoms with Crippen LogP contribution in [0.25, 0.3) is 0 Å². The van der Waals surface area contributed by atoms with Crippen molar-refractivity contribution in [3.63, 3.8) is 0 Å². The summed E-state index contributed by atoms with van der Waals surface area (Å²) < 4.78 is 5.52. The third kappa shape index (κ3) is 2.27. The fourth-order valence-corrected chi connectivity index (χ4v) is 3.46. The van der Waals surface area contributed by atoms with Crippen LogP contribution in [-0.4, -0.2) is 35.2 Å². The molecule has 4 atom stereocenters. The molecule has 1 saturated heterocycles. The highest BCUT2D eigenvalue weighted by Gasteiger charge is 2.53. The van der Waals surface area contributed by atoms with Crippen molar-refractivity contribution in [3.05, 3.63) is 12.2 Å². The van der Waals surface area contributed by atoms with Crippen LogP contribution in [0.15, 0.2) is 12.2 Å². The number of carboxylic acid groups (broad SMARTS) is 1. The van der Waals surface area contributed by atoms with Gasteiger partial charge in [-0.3, -0.25) is 9.59 Å². The molecule has 19 heavy (non-hydrogen) atoms. The van der Waals surface area contributed by atoms with Gasteiger partial charge in [-0.15, -0.1) is 0 Å². The maximum Gasteiger partial charge on any atom is 0.310 e. The first-order valence-corrected chi connectivity index (χ1v) is 7.04. The molecule has 0 aromatic rings. The quantitative estimate of drug-likeness (QED) is 0.749. The van der Waals surface area contributed by atoms with E-state index in [4.69, 9.17) is 4.74 Å². The van der Waals surface area contributed by atoms with E-state index in [0.717, 1.165) is 25.7 Å². The van der Waals surface area contributed by atoms with E-state index in [1.165, 1.54) is 6.42 Å². The Labute approximate surface area is 112 Å². The molecule has 2 fully saturated rings. The number of hydrogen-bond donors (Lipinski definition) is 2. The van der Waals surface area contributed by atoms with Crippen LogP contribution in [0, 0.1) is 11.8 Å². The smallest absolute Gasteiger partial charge is 0.310 e. The number of rotatable bonds is 3. The molecule has 2 N–H and O–H groups in total. The highest BCUT2D eigenvalue weighted by molar-refractivity contribution is 5.87. The van der Waals surface area contributed by atoms with Gasteiger partial charge in [0.05, 0.1) is 18.1 Å². The molecule has 3 aliphatic rings. The predicted octanol–water partition coefficient (Wildman–Crippen LogP) is 1.09. The molecule has 0 radical (unpaired) electrons. The average molecular weight is 265 g/mol. The van der Waals surface area contributed by atoms with Crippen LogP contribution in [0.2, 0.25) is 0 Å². The van der Waals surface area contributed by atoms with Gasteiger partial charge in [-0.25, -0.2) is 0 Å². The number of carboxylic acids is 1. The number of carbonyl (C=O) groups excluding carboxylic acids is 1. The molecule has 3 rings (SSSR count). The molecular weight excluding hydrogens is 246 g/mol. The third-order valence-corrected chi connectivity index (χ3v) is 4.44. The van der Waals surface area contributed by atoms with Gasteiger partial charge in [-0.2, -0.15) is 0 Å². The van der Waals surface area contributed by atoms with E-state index in [2.05, 4.69) is 5.32 Å². The second kappa shape index (κ2) is 4.96. The molecule has 0 aromatic heterocycles. The van der Waals surface area contributed by atoms with E-state index in [1.54, 1.807) is 6.08 Å². The van der Waals surface area contributed by atoms with Crippen molar-refractivity contribution in [2.24, 2.45) is 11.8 Å². The molecule has 2 bridgehead atoms. The first-order valence-electron chi connectivity index (χ1n) is 7.04. The van der Waals surface area contributed by atoms with Gasteiger partial charge in [0.15, 0.2) is 0 Å². The molecule has 104 valence electrons. The molecule has 1 aliphatic carbocycles. The zero-order chi connectivity index (χ0) is 13.4. The highest BCUT2D eigenvalue weighted by atomic mass is 16.5. The maximum absolute atomic E-state index is 12.3. The van der Waals surface area contributed by atoms with Crippen LogP contribution in [0.3, 0.4) is 0 Å². The zero-order valence-corrected chi connectivity index (χ0v) is 10.7. The summed E-state index contributed by atoms with van der Waals surface area (Å²) in [6.07, 6.45) is 8.27. The minimum atomic E-state index is -0.944.